The van der Waals surface area contributed by atoms with Crippen LogP contribution in [0, 0.1) is 5.82 Å². The predicted molar refractivity (Wildman–Crippen MR) is 85.1 cm³/mol. The van der Waals surface area contributed by atoms with Gasteiger partial charge >= 0.3 is 0 Å². The van der Waals surface area contributed by atoms with Crippen LogP contribution >= 0.6 is 0 Å². The number of benzene rings is 2. The molecule has 1 unspecified atom stereocenters. The van der Waals surface area contributed by atoms with Gasteiger partial charge in [0.25, 0.3) is 0 Å². The third-order valence-corrected chi connectivity index (χ3v) is 4.24. The van der Waals surface area contributed by atoms with Crippen molar-refractivity contribution in [2.24, 2.45) is 5.73 Å². The van der Waals surface area contributed by atoms with Crippen molar-refractivity contribution in [3.63, 3.8) is 0 Å². The van der Waals surface area contributed by atoms with E-state index in [2.05, 4.69) is 29.2 Å². The molecule has 1 aliphatic rings. The predicted octanol–water partition coefficient (Wildman–Crippen LogP) is 3.45. The molecule has 0 aromatic heterocycles. The van der Waals surface area contributed by atoms with Gasteiger partial charge in [0.05, 0.1) is 0 Å². The summed E-state index contributed by atoms with van der Waals surface area (Å²) in [6.45, 7) is 3.80. The third-order valence-electron chi connectivity index (χ3n) is 4.24. The van der Waals surface area contributed by atoms with E-state index < -0.39 is 0 Å². The van der Waals surface area contributed by atoms with Gasteiger partial charge in [-0.25, -0.2) is 4.39 Å². The van der Waals surface area contributed by atoms with E-state index in [1.54, 1.807) is 6.07 Å². The fourth-order valence-corrected chi connectivity index (χ4v) is 3.09. The van der Waals surface area contributed by atoms with Gasteiger partial charge in [-0.1, -0.05) is 24.3 Å². The van der Waals surface area contributed by atoms with E-state index in [-0.39, 0.29) is 11.9 Å². The highest BCUT2D eigenvalue weighted by Gasteiger charge is 2.18. The van der Waals surface area contributed by atoms with Crippen molar-refractivity contribution in [3.05, 3.63) is 65.0 Å². The number of rotatable bonds is 2. The van der Waals surface area contributed by atoms with Crippen molar-refractivity contribution in [2.75, 3.05) is 18.0 Å². The van der Waals surface area contributed by atoms with E-state index in [0.717, 1.165) is 37.2 Å². The number of halogens is 1. The minimum atomic E-state index is -0.218. The number of hydrogen-bond acceptors (Lipinski definition) is 2. The first-order valence-electron chi connectivity index (χ1n) is 7.52. The lowest BCUT2D eigenvalue weighted by Gasteiger charge is -2.26. The molecule has 0 bridgehead atoms. The molecular weight excluding hydrogens is 263 g/mol. The van der Waals surface area contributed by atoms with Crippen LogP contribution in [0.3, 0.4) is 0 Å². The Morgan fingerprint density at radius 3 is 2.24 bits per heavy atom. The molecule has 3 heteroatoms. The van der Waals surface area contributed by atoms with Gasteiger partial charge in [0.15, 0.2) is 0 Å². The summed E-state index contributed by atoms with van der Waals surface area (Å²) < 4.78 is 13.5. The van der Waals surface area contributed by atoms with E-state index in [0.29, 0.717) is 0 Å². The highest BCUT2D eigenvalue weighted by molar-refractivity contribution is 5.56. The molecule has 0 amide bonds. The first-order chi connectivity index (χ1) is 10.1. The van der Waals surface area contributed by atoms with E-state index in [4.69, 9.17) is 5.73 Å². The zero-order valence-electron chi connectivity index (χ0n) is 12.3. The first kappa shape index (κ1) is 14.1. The van der Waals surface area contributed by atoms with Crippen molar-refractivity contribution in [3.8, 4) is 0 Å². The van der Waals surface area contributed by atoms with Crippen LogP contribution in [0.5, 0.6) is 0 Å². The molecule has 3 rings (SSSR count). The summed E-state index contributed by atoms with van der Waals surface area (Å²) in [5.41, 5.74) is 10.8. The van der Waals surface area contributed by atoms with E-state index in [9.17, 15) is 4.39 Å². The Balaban J connectivity index is 1.89. The van der Waals surface area contributed by atoms with Gasteiger partial charge < -0.3 is 10.6 Å². The Morgan fingerprint density at radius 1 is 1.05 bits per heavy atom. The second kappa shape index (κ2) is 5.86. The second-order valence-corrected chi connectivity index (χ2v) is 5.75. The molecule has 0 aliphatic carbocycles. The third kappa shape index (κ3) is 2.93. The van der Waals surface area contributed by atoms with Crippen molar-refractivity contribution in [1.82, 2.24) is 0 Å². The molecular formula is C18H21FN2. The van der Waals surface area contributed by atoms with Crippen LogP contribution in [0.25, 0.3) is 0 Å². The topological polar surface area (TPSA) is 29.3 Å². The smallest absolute Gasteiger partial charge is 0.123 e. The maximum atomic E-state index is 13.5. The number of hydrogen-bond donors (Lipinski definition) is 1. The Labute approximate surface area is 125 Å². The van der Waals surface area contributed by atoms with Crippen LogP contribution in [-0.4, -0.2) is 13.1 Å². The Hall–Kier alpha value is -1.87. The average Bonchev–Trinajstić information content (AvgIpc) is 2.70. The standard InChI is InChI=1S/C18H21FN2/c1-13(20)17-12-16(19)6-7-18(17)21-10-8-14-4-2-3-5-15(14)9-11-21/h2-7,12-13H,8-11,20H2,1H3. The van der Waals surface area contributed by atoms with Crippen LogP contribution in [0.2, 0.25) is 0 Å². The summed E-state index contributed by atoms with van der Waals surface area (Å²) in [5.74, 6) is -0.218. The summed E-state index contributed by atoms with van der Waals surface area (Å²) in [5, 5.41) is 0. The molecule has 0 spiro atoms. The van der Waals surface area contributed by atoms with Crippen LogP contribution in [-0.2, 0) is 12.8 Å². The molecule has 0 saturated heterocycles. The van der Waals surface area contributed by atoms with Crippen LogP contribution in [0.1, 0.15) is 29.7 Å². The van der Waals surface area contributed by atoms with Crippen LogP contribution in [0.15, 0.2) is 42.5 Å². The first-order valence-corrected chi connectivity index (χ1v) is 7.52. The molecule has 2 N–H and O–H groups in total. The highest BCUT2D eigenvalue weighted by Crippen LogP contribution is 2.28. The number of anilines is 1. The summed E-state index contributed by atoms with van der Waals surface area (Å²) >= 11 is 0. The molecule has 110 valence electrons. The highest BCUT2D eigenvalue weighted by atomic mass is 19.1. The quantitative estimate of drug-likeness (QED) is 0.915. The maximum Gasteiger partial charge on any atom is 0.123 e. The minimum Gasteiger partial charge on any atom is -0.371 e. The number of fused-ring (bicyclic) bond motifs is 1. The Kier molecular flexibility index (Phi) is 3.93. The largest absolute Gasteiger partial charge is 0.371 e. The molecule has 1 heterocycles. The maximum absolute atomic E-state index is 13.5. The molecule has 0 radical (unpaired) electrons. The van der Waals surface area contributed by atoms with E-state index >= 15 is 0 Å². The molecule has 0 fully saturated rings. The zero-order chi connectivity index (χ0) is 14.8. The van der Waals surface area contributed by atoms with Gasteiger partial charge in [0, 0.05) is 24.8 Å². The number of nitrogens with zero attached hydrogens (tertiary/aromatic N) is 1. The van der Waals surface area contributed by atoms with Crippen molar-refractivity contribution >= 4 is 5.69 Å². The van der Waals surface area contributed by atoms with E-state index in [1.807, 2.05) is 13.0 Å². The lowest BCUT2D eigenvalue weighted by Crippen LogP contribution is -2.28. The lowest BCUT2D eigenvalue weighted by atomic mass is 10.0. The average molecular weight is 284 g/mol. The Bertz CT molecular complexity index is 610. The Morgan fingerprint density at radius 2 is 1.67 bits per heavy atom. The van der Waals surface area contributed by atoms with Gasteiger partial charge in [0.1, 0.15) is 5.82 Å². The van der Waals surface area contributed by atoms with Gasteiger partial charge in [-0.15, -0.1) is 0 Å². The van der Waals surface area contributed by atoms with Crippen molar-refractivity contribution < 1.29 is 4.39 Å². The van der Waals surface area contributed by atoms with Gasteiger partial charge in [0.2, 0.25) is 0 Å². The second-order valence-electron chi connectivity index (χ2n) is 5.75. The zero-order valence-corrected chi connectivity index (χ0v) is 12.3. The van der Waals surface area contributed by atoms with Gasteiger partial charge in [-0.2, -0.15) is 0 Å². The van der Waals surface area contributed by atoms with Crippen molar-refractivity contribution in [2.45, 2.75) is 25.8 Å². The lowest BCUT2D eigenvalue weighted by molar-refractivity contribution is 0.621. The molecule has 1 aliphatic heterocycles. The molecule has 2 aromatic carbocycles. The fourth-order valence-electron chi connectivity index (χ4n) is 3.09. The summed E-state index contributed by atoms with van der Waals surface area (Å²) in [6.07, 6.45) is 2.04. The molecule has 2 nitrogen and oxygen atoms in total. The normalized spacial score (nSPS) is 16.2. The summed E-state index contributed by atoms with van der Waals surface area (Å²) in [7, 11) is 0. The van der Waals surface area contributed by atoms with Gasteiger partial charge in [-0.05, 0) is 54.7 Å². The molecule has 1 atom stereocenters. The number of nitrogens with two attached hydrogens (primary N) is 1. The summed E-state index contributed by atoms with van der Waals surface area (Å²) in [4.78, 5) is 2.33. The minimum absolute atomic E-state index is 0.165. The summed E-state index contributed by atoms with van der Waals surface area (Å²) in [6, 6.07) is 13.4. The van der Waals surface area contributed by atoms with Crippen molar-refractivity contribution in [1.29, 1.82) is 0 Å². The van der Waals surface area contributed by atoms with Crippen LogP contribution < -0.4 is 10.6 Å². The molecule has 21 heavy (non-hydrogen) atoms. The van der Waals surface area contributed by atoms with Gasteiger partial charge in [-0.3, -0.25) is 0 Å². The fraction of sp³-hybridized carbons (Fsp3) is 0.333. The molecule has 2 aromatic rings. The molecule has 0 saturated carbocycles. The SMILES string of the molecule is CC(N)c1cc(F)ccc1N1CCc2ccccc2CC1. The monoisotopic (exact) mass is 284 g/mol. The van der Waals surface area contributed by atoms with E-state index in [1.165, 1.54) is 17.2 Å². The van der Waals surface area contributed by atoms with Crippen LogP contribution in [0.4, 0.5) is 10.1 Å².